The van der Waals surface area contributed by atoms with Crippen LogP contribution in [0.5, 0.6) is 11.5 Å². The first-order valence-electron chi connectivity index (χ1n) is 5.92. The van der Waals surface area contributed by atoms with Crippen molar-refractivity contribution in [3.63, 3.8) is 0 Å². The van der Waals surface area contributed by atoms with Gasteiger partial charge in [-0.25, -0.2) is 4.98 Å². The largest absolute Gasteiger partial charge is 0.507 e. The van der Waals surface area contributed by atoms with Gasteiger partial charge < -0.3 is 15.2 Å². The molecule has 3 rings (SSSR count). The molecule has 6 nitrogen and oxygen atoms in total. The molecule has 0 atom stereocenters. The maximum atomic E-state index is 12.0. The normalized spacial score (nSPS) is 10.6. The fourth-order valence-electron chi connectivity index (χ4n) is 1.94. The van der Waals surface area contributed by atoms with Gasteiger partial charge >= 0.3 is 0 Å². The van der Waals surface area contributed by atoms with Crippen LogP contribution >= 0.6 is 0 Å². The van der Waals surface area contributed by atoms with E-state index in [1.807, 2.05) is 18.2 Å². The van der Waals surface area contributed by atoms with Gasteiger partial charge in [0.1, 0.15) is 17.1 Å². The summed E-state index contributed by atoms with van der Waals surface area (Å²) in [5.41, 5.74) is 1.31. The van der Waals surface area contributed by atoms with Crippen molar-refractivity contribution in [3.05, 3.63) is 48.0 Å². The van der Waals surface area contributed by atoms with Crippen molar-refractivity contribution < 1.29 is 15.0 Å². The number of nitrogens with one attached hydrogen (secondary N) is 2. The zero-order valence-electron chi connectivity index (χ0n) is 10.3. The molecule has 0 aliphatic rings. The molecular weight excluding hydrogens is 258 g/mol. The molecule has 3 aromatic rings. The number of hydrogen-bond donors (Lipinski definition) is 4. The van der Waals surface area contributed by atoms with E-state index in [9.17, 15) is 15.0 Å². The molecular formula is C14H11N3O3. The molecule has 0 radical (unpaired) electrons. The predicted molar refractivity (Wildman–Crippen MR) is 73.8 cm³/mol. The molecule has 0 saturated heterocycles. The summed E-state index contributed by atoms with van der Waals surface area (Å²) in [6.07, 6.45) is 0. The maximum Gasteiger partial charge on any atom is 0.265 e. The maximum absolute atomic E-state index is 12.0. The van der Waals surface area contributed by atoms with Gasteiger partial charge in [0.25, 0.3) is 5.91 Å². The fourth-order valence-corrected chi connectivity index (χ4v) is 1.94. The van der Waals surface area contributed by atoms with Crippen LogP contribution < -0.4 is 5.32 Å². The van der Waals surface area contributed by atoms with E-state index >= 15 is 0 Å². The number of carbonyl (C=O) groups is 1. The van der Waals surface area contributed by atoms with E-state index in [0.29, 0.717) is 5.52 Å². The Hall–Kier alpha value is -3.02. The lowest BCUT2D eigenvalue weighted by Gasteiger charge is -2.06. The third-order valence-electron chi connectivity index (χ3n) is 2.87. The molecule has 0 aliphatic carbocycles. The molecule has 0 spiro atoms. The number of benzene rings is 2. The third-order valence-corrected chi connectivity index (χ3v) is 2.87. The van der Waals surface area contributed by atoms with Crippen LogP contribution in [0.3, 0.4) is 0 Å². The first-order valence-corrected chi connectivity index (χ1v) is 5.92. The second-order valence-electron chi connectivity index (χ2n) is 4.23. The summed E-state index contributed by atoms with van der Waals surface area (Å²) in [4.78, 5) is 19.2. The van der Waals surface area contributed by atoms with Crippen molar-refractivity contribution in [2.24, 2.45) is 0 Å². The van der Waals surface area contributed by atoms with Crippen LogP contribution in [0.2, 0.25) is 0 Å². The van der Waals surface area contributed by atoms with Gasteiger partial charge in [0, 0.05) is 0 Å². The van der Waals surface area contributed by atoms with Gasteiger partial charge in [0.15, 0.2) is 0 Å². The lowest BCUT2D eigenvalue weighted by Crippen LogP contribution is -2.13. The SMILES string of the molecule is O=C(Nc1nc2ccccc2[nH]1)c1c(O)cccc1O. The fraction of sp³-hybridized carbons (Fsp3) is 0. The number of carbonyl (C=O) groups excluding carboxylic acids is 1. The molecule has 0 aliphatic heterocycles. The van der Waals surface area contributed by atoms with E-state index in [2.05, 4.69) is 15.3 Å². The smallest absolute Gasteiger partial charge is 0.265 e. The standard InChI is InChI=1S/C14H11N3O3/c18-10-6-3-7-11(19)12(10)13(20)17-14-15-8-4-1-2-5-9(8)16-14/h1-7,18-19H,(H2,15,16,17,20). The Kier molecular flexibility index (Phi) is 2.76. The Morgan fingerprint density at radius 1 is 1.05 bits per heavy atom. The lowest BCUT2D eigenvalue weighted by atomic mass is 10.1. The minimum atomic E-state index is -0.639. The van der Waals surface area contributed by atoms with Crippen LogP contribution in [0.4, 0.5) is 5.95 Å². The Balaban J connectivity index is 1.92. The monoisotopic (exact) mass is 269 g/mol. The van der Waals surface area contributed by atoms with Gasteiger partial charge in [0.05, 0.1) is 11.0 Å². The van der Waals surface area contributed by atoms with Gasteiger partial charge in [-0.2, -0.15) is 0 Å². The van der Waals surface area contributed by atoms with E-state index in [1.54, 1.807) is 6.07 Å². The van der Waals surface area contributed by atoms with Crippen molar-refractivity contribution in [1.82, 2.24) is 9.97 Å². The molecule has 4 N–H and O–H groups in total. The quantitative estimate of drug-likeness (QED) is 0.573. The van der Waals surface area contributed by atoms with E-state index < -0.39 is 5.91 Å². The number of fused-ring (bicyclic) bond motifs is 1. The molecule has 0 unspecified atom stereocenters. The van der Waals surface area contributed by atoms with E-state index in [-0.39, 0.29) is 23.0 Å². The molecule has 1 amide bonds. The molecule has 6 heteroatoms. The van der Waals surface area contributed by atoms with Crippen molar-refractivity contribution in [3.8, 4) is 11.5 Å². The van der Waals surface area contributed by atoms with Gasteiger partial charge in [0.2, 0.25) is 5.95 Å². The third kappa shape index (κ3) is 2.03. The Bertz CT molecular complexity index is 742. The minimum absolute atomic E-state index is 0.187. The van der Waals surface area contributed by atoms with Gasteiger partial charge in [-0.1, -0.05) is 18.2 Å². The molecule has 1 aromatic heterocycles. The number of anilines is 1. The predicted octanol–water partition coefficient (Wildman–Crippen LogP) is 2.23. The molecule has 100 valence electrons. The number of aromatic amines is 1. The highest BCUT2D eigenvalue weighted by Crippen LogP contribution is 2.27. The first kappa shape index (κ1) is 12.0. The summed E-state index contributed by atoms with van der Waals surface area (Å²) in [6.45, 7) is 0. The van der Waals surface area contributed by atoms with Crippen molar-refractivity contribution in [2.75, 3.05) is 5.32 Å². The average molecular weight is 269 g/mol. The lowest BCUT2D eigenvalue weighted by molar-refractivity contribution is 0.102. The number of nitrogens with zero attached hydrogens (tertiary/aromatic N) is 1. The summed E-state index contributed by atoms with van der Waals surface area (Å²) < 4.78 is 0. The van der Waals surface area contributed by atoms with E-state index in [1.165, 1.54) is 18.2 Å². The van der Waals surface area contributed by atoms with E-state index in [4.69, 9.17) is 0 Å². The average Bonchev–Trinajstić information content (AvgIpc) is 2.80. The number of aromatic nitrogens is 2. The highest BCUT2D eigenvalue weighted by molar-refractivity contribution is 6.07. The summed E-state index contributed by atoms with van der Waals surface area (Å²) in [6, 6.07) is 11.4. The Morgan fingerprint density at radius 3 is 2.45 bits per heavy atom. The number of hydrogen-bond acceptors (Lipinski definition) is 4. The van der Waals surface area contributed by atoms with Gasteiger partial charge in [-0.05, 0) is 24.3 Å². The van der Waals surface area contributed by atoms with E-state index in [0.717, 1.165) is 5.52 Å². The van der Waals surface area contributed by atoms with Gasteiger partial charge in [-0.15, -0.1) is 0 Å². The Labute approximate surface area is 113 Å². The molecule has 2 aromatic carbocycles. The van der Waals surface area contributed by atoms with Crippen LogP contribution in [0.1, 0.15) is 10.4 Å². The molecule has 0 saturated carbocycles. The minimum Gasteiger partial charge on any atom is -0.507 e. The van der Waals surface area contributed by atoms with Crippen LogP contribution in [-0.2, 0) is 0 Å². The summed E-state index contributed by atoms with van der Waals surface area (Å²) in [5, 5.41) is 21.8. The topological polar surface area (TPSA) is 98.2 Å². The number of H-pyrrole nitrogens is 1. The van der Waals surface area contributed by atoms with Gasteiger partial charge in [-0.3, -0.25) is 10.1 Å². The number of para-hydroxylation sites is 2. The second-order valence-corrected chi connectivity index (χ2v) is 4.23. The molecule has 20 heavy (non-hydrogen) atoms. The van der Waals surface area contributed by atoms with Crippen LogP contribution in [0, 0.1) is 0 Å². The number of aromatic hydroxyl groups is 2. The van der Waals surface area contributed by atoms with Crippen molar-refractivity contribution >= 4 is 22.9 Å². The number of rotatable bonds is 2. The molecule has 0 fully saturated rings. The summed E-state index contributed by atoms with van der Waals surface area (Å²) in [5.74, 6) is -0.976. The van der Waals surface area contributed by atoms with Crippen molar-refractivity contribution in [2.45, 2.75) is 0 Å². The number of amides is 1. The van der Waals surface area contributed by atoms with Crippen LogP contribution in [0.25, 0.3) is 11.0 Å². The zero-order chi connectivity index (χ0) is 14.1. The van der Waals surface area contributed by atoms with Crippen LogP contribution in [0.15, 0.2) is 42.5 Å². The molecule has 1 heterocycles. The highest BCUT2D eigenvalue weighted by Gasteiger charge is 2.17. The second kappa shape index (κ2) is 4.58. The number of phenolic OH excluding ortho intramolecular Hbond substituents is 2. The number of imidazole rings is 1. The highest BCUT2D eigenvalue weighted by atomic mass is 16.3. The Morgan fingerprint density at radius 2 is 1.75 bits per heavy atom. The number of phenols is 2. The molecule has 0 bridgehead atoms. The first-order chi connectivity index (χ1) is 9.65. The van der Waals surface area contributed by atoms with Crippen molar-refractivity contribution in [1.29, 1.82) is 0 Å². The summed E-state index contributed by atoms with van der Waals surface area (Å²) >= 11 is 0. The zero-order valence-corrected chi connectivity index (χ0v) is 10.3. The van der Waals surface area contributed by atoms with Crippen LogP contribution in [-0.4, -0.2) is 26.1 Å². The summed E-state index contributed by atoms with van der Waals surface area (Å²) in [7, 11) is 0.